The molecule has 0 spiro atoms. The SMILES string of the molecule is CO/N=C(/C)c1cccc2c(Cl)c([C@H](C)Nc3ncnc4[nH]ccc(=O)c34)n(-c3ccccc3)c(=O)c12. The summed E-state index contributed by atoms with van der Waals surface area (Å²) in [6.07, 6.45) is 2.90. The van der Waals surface area contributed by atoms with Crippen molar-refractivity contribution in [2.24, 2.45) is 5.16 Å². The van der Waals surface area contributed by atoms with Crippen LogP contribution in [0.3, 0.4) is 0 Å². The summed E-state index contributed by atoms with van der Waals surface area (Å²) < 4.78 is 1.58. The molecule has 0 aliphatic heterocycles. The highest BCUT2D eigenvalue weighted by molar-refractivity contribution is 6.36. The van der Waals surface area contributed by atoms with E-state index in [1.165, 1.54) is 25.7 Å². The van der Waals surface area contributed by atoms with Crippen LogP contribution in [0.25, 0.3) is 27.5 Å². The molecule has 9 nitrogen and oxygen atoms in total. The summed E-state index contributed by atoms with van der Waals surface area (Å²) in [6, 6.07) is 15.6. The Kier molecular flexibility index (Phi) is 6.45. The molecule has 0 aliphatic carbocycles. The first-order valence-electron chi connectivity index (χ1n) is 11.5. The van der Waals surface area contributed by atoms with Gasteiger partial charge in [0.1, 0.15) is 30.3 Å². The van der Waals surface area contributed by atoms with E-state index in [9.17, 15) is 9.59 Å². The van der Waals surface area contributed by atoms with Crippen LogP contribution in [0.4, 0.5) is 5.82 Å². The van der Waals surface area contributed by atoms with Gasteiger partial charge >= 0.3 is 0 Å². The van der Waals surface area contributed by atoms with E-state index < -0.39 is 6.04 Å². The number of fused-ring (bicyclic) bond motifs is 2. The molecule has 0 unspecified atom stereocenters. The Morgan fingerprint density at radius 3 is 2.62 bits per heavy atom. The maximum Gasteiger partial charge on any atom is 0.264 e. The molecule has 0 saturated carbocycles. The molecule has 0 amide bonds. The van der Waals surface area contributed by atoms with Gasteiger partial charge in [-0.05, 0) is 26.0 Å². The summed E-state index contributed by atoms with van der Waals surface area (Å²) in [5.41, 5.74) is 2.24. The topological polar surface area (TPSA) is 114 Å². The standard InChI is InChI=1S/C27H23ClN6O3/c1-15(33-37-3)18-10-7-11-19-21(18)27(36)34(17-8-5-4-6-9-17)24(23(19)28)16(2)32-26-22-20(35)12-13-29-25(22)30-14-31-26/h4-14,16H,1-3H3,(H2,29,30,31,32,35)/b33-15-/t16-/m0/s1. The minimum Gasteiger partial charge on any atom is -0.399 e. The molecule has 3 aromatic heterocycles. The third-order valence-electron chi connectivity index (χ3n) is 6.13. The van der Waals surface area contributed by atoms with E-state index >= 15 is 0 Å². The van der Waals surface area contributed by atoms with Gasteiger partial charge in [0.25, 0.3) is 5.56 Å². The van der Waals surface area contributed by atoms with Gasteiger partial charge in [0, 0.05) is 28.9 Å². The fourth-order valence-electron chi connectivity index (χ4n) is 4.52. The van der Waals surface area contributed by atoms with Gasteiger partial charge in [-0.25, -0.2) is 9.97 Å². The fraction of sp³-hybridized carbons (Fsp3) is 0.148. The minimum absolute atomic E-state index is 0.230. The molecule has 1 atom stereocenters. The second kappa shape index (κ2) is 9.87. The highest BCUT2D eigenvalue weighted by atomic mass is 35.5. The number of aromatic amines is 1. The fourth-order valence-corrected chi connectivity index (χ4v) is 4.92. The smallest absolute Gasteiger partial charge is 0.264 e. The van der Waals surface area contributed by atoms with Crippen molar-refractivity contribution in [3.05, 3.63) is 104 Å². The van der Waals surface area contributed by atoms with Crippen LogP contribution in [0.2, 0.25) is 5.02 Å². The predicted octanol–water partition coefficient (Wildman–Crippen LogP) is 4.82. The van der Waals surface area contributed by atoms with Crippen LogP contribution >= 0.6 is 11.6 Å². The quantitative estimate of drug-likeness (QED) is 0.248. The molecule has 5 rings (SSSR count). The number of para-hydroxylation sites is 1. The summed E-state index contributed by atoms with van der Waals surface area (Å²) in [5, 5.41) is 9.03. The molecule has 3 heterocycles. The van der Waals surface area contributed by atoms with Gasteiger partial charge in [0.2, 0.25) is 0 Å². The minimum atomic E-state index is -0.528. The molecule has 10 heteroatoms. The first kappa shape index (κ1) is 24.2. The molecule has 0 bridgehead atoms. The van der Waals surface area contributed by atoms with E-state index in [1.807, 2.05) is 49.4 Å². The first-order chi connectivity index (χ1) is 17.9. The number of H-pyrrole nitrogens is 1. The number of anilines is 1. The van der Waals surface area contributed by atoms with Crippen molar-refractivity contribution in [2.45, 2.75) is 19.9 Å². The van der Waals surface area contributed by atoms with Crippen LogP contribution in [0, 0.1) is 0 Å². The van der Waals surface area contributed by atoms with Gasteiger partial charge in [0.05, 0.1) is 27.9 Å². The normalized spacial score (nSPS) is 12.6. The van der Waals surface area contributed by atoms with Gasteiger partial charge in [-0.2, -0.15) is 0 Å². The van der Waals surface area contributed by atoms with E-state index in [0.29, 0.717) is 55.3 Å². The molecule has 2 aromatic carbocycles. The van der Waals surface area contributed by atoms with Gasteiger partial charge in [0.15, 0.2) is 5.43 Å². The summed E-state index contributed by atoms with van der Waals surface area (Å²) in [5.74, 6) is 0.333. The van der Waals surface area contributed by atoms with Crippen molar-refractivity contribution in [1.82, 2.24) is 19.5 Å². The van der Waals surface area contributed by atoms with Crippen molar-refractivity contribution in [3.63, 3.8) is 0 Å². The molecule has 0 saturated heterocycles. The molecule has 186 valence electrons. The Balaban J connectivity index is 1.79. The van der Waals surface area contributed by atoms with Crippen molar-refractivity contribution in [2.75, 3.05) is 12.4 Å². The van der Waals surface area contributed by atoms with Gasteiger partial charge in [-0.1, -0.05) is 53.2 Å². The van der Waals surface area contributed by atoms with Crippen molar-refractivity contribution in [1.29, 1.82) is 0 Å². The van der Waals surface area contributed by atoms with E-state index in [-0.39, 0.29) is 11.0 Å². The molecule has 37 heavy (non-hydrogen) atoms. The van der Waals surface area contributed by atoms with Gasteiger partial charge in [-0.3, -0.25) is 14.2 Å². The number of hydrogen-bond acceptors (Lipinski definition) is 7. The number of benzene rings is 2. The molecular weight excluding hydrogens is 492 g/mol. The first-order valence-corrected chi connectivity index (χ1v) is 11.9. The summed E-state index contributed by atoms with van der Waals surface area (Å²) in [6.45, 7) is 3.63. The Labute approximate surface area is 216 Å². The van der Waals surface area contributed by atoms with E-state index in [0.717, 1.165) is 0 Å². The summed E-state index contributed by atoms with van der Waals surface area (Å²) in [4.78, 5) is 43.1. The lowest BCUT2D eigenvalue weighted by molar-refractivity contribution is 0.213. The number of hydrogen-bond donors (Lipinski definition) is 2. The van der Waals surface area contributed by atoms with Gasteiger partial charge < -0.3 is 15.1 Å². The lowest BCUT2D eigenvalue weighted by Gasteiger charge is -2.24. The Morgan fingerprint density at radius 1 is 1.08 bits per heavy atom. The summed E-state index contributed by atoms with van der Waals surface area (Å²) >= 11 is 7.06. The maximum atomic E-state index is 14.2. The highest BCUT2D eigenvalue weighted by Crippen LogP contribution is 2.34. The lowest BCUT2D eigenvalue weighted by Crippen LogP contribution is -2.27. The number of rotatable bonds is 6. The number of halogens is 1. The van der Waals surface area contributed by atoms with Crippen LogP contribution in [-0.4, -0.2) is 32.3 Å². The second-order valence-electron chi connectivity index (χ2n) is 8.42. The number of aromatic nitrogens is 4. The zero-order valence-electron chi connectivity index (χ0n) is 20.3. The molecule has 0 radical (unpaired) electrons. The van der Waals surface area contributed by atoms with Crippen LogP contribution < -0.4 is 16.3 Å². The number of pyridine rings is 2. The molecule has 5 aromatic rings. The van der Waals surface area contributed by atoms with E-state index in [4.69, 9.17) is 16.4 Å². The predicted molar refractivity (Wildman–Crippen MR) is 146 cm³/mol. The van der Waals surface area contributed by atoms with E-state index in [2.05, 4.69) is 25.4 Å². The Hall–Kier alpha value is -4.50. The largest absolute Gasteiger partial charge is 0.399 e. The van der Waals surface area contributed by atoms with Gasteiger partial charge in [-0.15, -0.1) is 0 Å². The van der Waals surface area contributed by atoms with Crippen molar-refractivity contribution >= 4 is 44.9 Å². The van der Waals surface area contributed by atoms with Crippen molar-refractivity contribution < 1.29 is 4.84 Å². The molecule has 2 N–H and O–H groups in total. The lowest BCUT2D eigenvalue weighted by atomic mass is 10.0. The monoisotopic (exact) mass is 514 g/mol. The third-order valence-corrected chi connectivity index (χ3v) is 6.53. The number of nitrogens with zero attached hydrogens (tertiary/aromatic N) is 4. The average molecular weight is 515 g/mol. The van der Waals surface area contributed by atoms with Crippen LogP contribution in [0.15, 0.2) is 81.9 Å². The van der Waals surface area contributed by atoms with Crippen molar-refractivity contribution in [3.8, 4) is 5.69 Å². The van der Waals surface area contributed by atoms with Crippen LogP contribution in [-0.2, 0) is 4.84 Å². The maximum absolute atomic E-state index is 14.2. The molecular formula is C27H23ClN6O3. The molecule has 0 fully saturated rings. The average Bonchev–Trinajstić information content (AvgIpc) is 2.91. The number of nitrogens with one attached hydrogen (secondary N) is 2. The number of oxime groups is 1. The summed E-state index contributed by atoms with van der Waals surface area (Å²) in [7, 11) is 1.46. The zero-order chi connectivity index (χ0) is 26.1. The third kappa shape index (κ3) is 4.23. The highest BCUT2D eigenvalue weighted by Gasteiger charge is 2.24. The Bertz CT molecular complexity index is 1770. The van der Waals surface area contributed by atoms with E-state index in [1.54, 1.807) is 17.6 Å². The zero-order valence-corrected chi connectivity index (χ0v) is 21.1. The second-order valence-corrected chi connectivity index (χ2v) is 8.79. The van der Waals surface area contributed by atoms with Crippen LogP contribution in [0.1, 0.15) is 31.1 Å². The molecule has 0 aliphatic rings. The van der Waals surface area contributed by atoms with Crippen LogP contribution in [0.5, 0.6) is 0 Å². The Morgan fingerprint density at radius 2 is 1.86 bits per heavy atom.